The van der Waals surface area contributed by atoms with E-state index in [2.05, 4.69) is 34.3 Å². The highest BCUT2D eigenvalue weighted by atomic mass is 16.2. The summed E-state index contributed by atoms with van der Waals surface area (Å²) in [5.74, 6) is 0.754. The standard InChI is InChI=1S/C18H26N6O/c1-13(2)24-14-6-7-15(24)12-22(10-8-14)18(25)19-11-17-21-20-16-5-3-4-9-23(16)17/h3-5,9,13-15H,6-8,10-12H2,1-2H3,(H,19,25). The van der Waals surface area contributed by atoms with Crippen LogP contribution in [0.15, 0.2) is 24.4 Å². The van der Waals surface area contributed by atoms with Crippen molar-refractivity contribution in [2.45, 2.75) is 57.8 Å². The van der Waals surface area contributed by atoms with Crippen LogP contribution in [-0.2, 0) is 6.54 Å². The van der Waals surface area contributed by atoms with Crippen LogP contribution in [0.3, 0.4) is 0 Å². The molecule has 2 fully saturated rings. The van der Waals surface area contributed by atoms with E-state index in [0.29, 0.717) is 24.7 Å². The molecule has 0 aromatic carbocycles. The zero-order chi connectivity index (χ0) is 17.4. The van der Waals surface area contributed by atoms with Crippen LogP contribution in [0, 0.1) is 0 Å². The van der Waals surface area contributed by atoms with Crippen molar-refractivity contribution >= 4 is 11.7 Å². The summed E-state index contributed by atoms with van der Waals surface area (Å²) in [6.07, 6.45) is 5.45. The van der Waals surface area contributed by atoms with E-state index in [9.17, 15) is 4.79 Å². The van der Waals surface area contributed by atoms with Crippen molar-refractivity contribution in [3.8, 4) is 0 Å². The van der Waals surface area contributed by atoms with Crippen LogP contribution in [0.25, 0.3) is 5.65 Å². The Morgan fingerprint density at radius 3 is 2.92 bits per heavy atom. The van der Waals surface area contributed by atoms with E-state index in [4.69, 9.17) is 0 Å². The van der Waals surface area contributed by atoms with Crippen LogP contribution < -0.4 is 5.32 Å². The quantitative estimate of drug-likeness (QED) is 0.925. The summed E-state index contributed by atoms with van der Waals surface area (Å²) < 4.78 is 1.91. The summed E-state index contributed by atoms with van der Waals surface area (Å²) in [7, 11) is 0. The molecule has 2 aromatic heterocycles. The van der Waals surface area contributed by atoms with Gasteiger partial charge in [0.1, 0.15) is 0 Å². The largest absolute Gasteiger partial charge is 0.331 e. The van der Waals surface area contributed by atoms with Gasteiger partial charge in [-0.3, -0.25) is 9.30 Å². The van der Waals surface area contributed by atoms with Crippen LogP contribution in [-0.4, -0.2) is 61.6 Å². The molecule has 7 nitrogen and oxygen atoms in total. The van der Waals surface area contributed by atoms with Gasteiger partial charge < -0.3 is 10.2 Å². The molecule has 25 heavy (non-hydrogen) atoms. The van der Waals surface area contributed by atoms with E-state index in [0.717, 1.165) is 31.0 Å². The Kier molecular flexibility index (Phi) is 4.33. The summed E-state index contributed by atoms with van der Waals surface area (Å²) in [5.41, 5.74) is 0.798. The second kappa shape index (κ2) is 6.63. The molecule has 1 N–H and O–H groups in total. The molecule has 4 rings (SSSR count). The van der Waals surface area contributed by atoms with Crippen molar-refractivity contribution in [3.63, 3.8) is 0 Å². The third-order valence-corrected chi connectivity index (χ3v) is 5.51. The van der Waals surface area contributed by atoms with Crippen molar-refractivity contribution in [3.05, 3.63) is 30.2 Å². The molecule has 0 aliphatic carbocycles. The van der Waals surface area contributed by atoms with Gasteiger partial charge in [0.25, 0.3) is 0 Å². The molecular formula is C18H26N6O. The fourth-order valence-corrected chi connectivity index (χ4v) is 4.42. The number of hydrogen-bond acceptors (Lipinski definition) is 4. The van der Waals surface area contributed by atoms with E-state index in [-0.39, 0.29) is 6.03 Å². The van der Waals surface area contributed by atoms with Crippen LogP contribution in [0.4, 0.5) is 4.79 Å². The average molecular weight is 342 g/mol. The lowest BCUT2D eigenvalue weighted by Gasteiger charge is -2.32. The minimum absolute atomic E-state index is 0.00365. The van der Waals surface area contributed by atoms with Crippen LogP contribution in [0.5, 0.6) is 0 Å². The number of nitrogens with zero attached hydrogens (tertiary/aromatic N) is 5. The van der Waals surface area contributed by atoms with E-state index in [1.807, 2.05) is 33.7 Å². The number of urea groups is 1. The zero-order valence-electron chi connectivity index (χ0n) is 14.9. The second-order valence-electron chi connectivity index (χ2n) is 7.36. The normalized spacial score (nSPS) is 24.0. The Morgan fingerprint density at radius 2 is 2.08 bits per heavy atom. The monoisotopic (exact) mass is 342 g/mol. The van der Waals surface area contributed by atoms with E-state index in [1.165, 1.54) is 12.8 Å². The topological polar surface area (TPSA) is 65.8 Å². The van der Waals surface area contributed by atoms with Crippen LogP contribution in [0.1, 0.15) is 38.9 Å². The van der Waals surface area contributed by atoms with Gasteiger partial charge in [-0.15, -0.1) is 10.2 Å². The maximum atomic E-state index is 12.7. The first kappa shape index (κ1) is 16.3. The van der Waals surface area contributed by atoms with Gasteiger partial charge in [-0.2, -0.15) is 0 Å². The summed E-state index contributed by atoms with van der Waals surface area (Å²) >= 11 is 0. The van der Waals surface area contributed by atoms with E-state index >= 15 is 0 Å². The van der Waals surface area contributed by atoms with Crippen molar-refractivity contribution < 1.29 is 4.79 Å². The Labute approximate surface area is 148 Å². The number of rotatable bonds is 3. The molecule has 4 heterocycles. The number of aromatic nitrogens is 3. The molecule has 2 saturated heterocycles. The highest BCUT2D eigenvalue weighted by Crippen LogP contribution is 2.31. The van der Waals surface area contributed by atoms with Crippen LogP contribution >= 0.6 is 0 Å². The SMILES string of the molecule is CC(C)N1C2CCC1CN(C(=O)NCc1nnc3ccccn13)CC2. The minimum Gasteiger partial charge on any atom is -0.331 e. The molecule has 2 atom stereocenters. The molecule has 2 aliphatic rings. The Morgan fingerprint density at radius 1 is 1.24 bits per heavy atom. The fraction of sp³-hybridized carbons (Fsp3) is 0.611. The number of carbonyl (C=O) groups excluding carboxylic acids is 1. The van der Waals surface area contributed by atoms with Crippen LogP contribution in [0.2, 0.25) is 0 Å². The highest BCUT2D eigenvalue weighted by Gasteiger charge is 2.39. The summed E-state index contributed by atoms with van der Waals surface area (Å²) in [4.78, 5) is 17.3. The average Bonchev–Trinajstić information content (AvgIpc) is 3.13. The van der Waals surface area contributed by atoms with Gasteiger partial charge in [-0.05, 0) is 45.2 Å². The third-order valence-electron chi connectivity index (χ3n) is 5.51. The highest BCUT2D eigenvalue weighted by molar-refractivity contribution is 5.74. The minimum atomic E-state index is 0.00365. The van der Waals surface area contributed by atoms with Crippen molar-refractivity contribution in [2.24, 2.45) is 0 Å². The van der Waals surface area contributed by atoms with Crippen molar-refractivity contribution in [1.82, 2.24) is 29.7 Å². The predicted molar refractivity (Wildman–Crippen MR) is 95.2 cm³/mol. The van der Waals surface area contributed by atoms with Gasteiger partial charge in [0.05, 0.1) is 6.54 Å². The second-order valence-corrected chi connectivity index (χ2v) is 7.36. The molecule has 2 bridgehead atoms. The summed E-state index contributed by atoms with van der Waals surface area (Å²) in [6, 6.07) is 7.44. The third kappa shape index (κ3) is 3.08. The molecule has 0 radical (unpaired) electrons. The Bertz CT molecular complexity index is 757. The summed E-state index contributed by atoms with van der Waals surface area (Å²) in [6.45, 7) is 6.56. The Hall–Kier alpha value is -2.15. The van der Waals surface area contributed by atoms with Gasteiger partial charge in [0.2, 0.25) is 0 Å². The van der Waals surface area contributed by atoms with Gasteiger partial charge in [0.15, 0.2) is 11.5 Å². The first-order chi connectivity index (χ1) is 12.1. The lowest BCUT2D eigenvalue weighted by molar-refractivity contribution is 0.147. The molecule has 134 valence electrons. The van der Waals surface area contributed by atoms with Crippen molar-refractivity contribution in [1.29, 1.82) is 0 Å². The first-order valence-corrected chi connectivity index (χ1v) is 9.22. The maximum Gasteiger partial charge on any atom is 0.317 e. The molecule has 2 aromatic rings. The molecular weight excluding hydrogens is 316 g/mol. The van der Waals surface area contributed by atoms with Gasteiger partial charge in [-0.25, -0.2) is 4.79 Å². The van der Waals surface area contributed by atoms with E-state index in [1.54, 1.807) is 0 Å². The zero-order valence-corrected chi connectivity index (χ0v) is 14.9. The Balaban J connectivity index is 1.40. The number of pyridine rings is 1. The molecule has 0 spiro atoms. The first-order valence-electron chi connectivity index (χ1n) is 9.22. The lowest BCUT2D eigenvalue weighted by atomic mass is 10.1. The van der Waals surface area contributed by atoms with Crippen molar-refractivity contribution in [2.75, 3.05) is 13.1 Å². The number of amides is 2. The van der Waals surface area contributed by atoms with E-state index < -0.39 is 0 Å². The molecule has 0 saturated carbocycles. The number of hydrogen-bond donors (Lipinski definition) is 1. The smallest absolute Gasteiger partial charge is 0.317 e. The molecule has 2 aliphatic heterocycles. The molecule has 2 unspecified atom stereocenters. The fourth-order valence-electron chi connectivity index (χ4n) is 4.42. The molecule has 2 amide bonds. The predicted octanol–water partition coefficient (Wildman–Crippen LogP) is 1.89. The van der Waals surface area contributed by atoms with Gasteiger partial charge in [0, 0.05) is 37.4 Å². The molecule has 7 heteroatoms. The lowest BCUT2D eigenvalue weighted by Crippen LogP contribution is -2.46. The number of fused-ring (bicyclic) bond motifs is 3. The van der Waals surface area contributed by atoms with Gasteiger partial charge >= 0.3 is 6.03 Å². The maximum absolute atomic E-state index is 12.7. The number of nitrogens with one attached hydrogen (secondary N) is 1. The van der Waals surface area contributed by atoms with Gasteiger partial charge in [-0.1, -0.05) is 6.07 Å². The number of likely N-dealkylation sites (tertiary alicyclic amines) is 1. The summed E-state index contributed by atoms with van der Waals surface area (Å²) in [5, 5.41) is 11.3. The number of carbonyl (C=O) groups is 1.